The Morgan fingerprint density at radius 3 is 2.03 bits per heavy atom. The Morgan fingerprint density at radius 1 is 0.933 bits per heavy atom. The molecule has 2 aromatic rings. The fourth-order valence-electron chi connectivity index (χ4n) is 2.69. The molecule has 0 aliphatic carbocycles. The largest absolute Gasteiger partial charge is 0.462 e. The highest BCUT2D eigenvalue weighted by atomic mass is 32.1. The summed E-state index contributed by atoms with van der Waals surface area (Å²) in [5.41, 5.74) is 1.75. The van der Waals surface area contributed by atoms with Crippen LogP contribution in [0, 0.1) is 6.92 Å². The molecule has 1 heterocycles. The number of benzene rings is 1. The lowest BCUT2D eigenvalue weighted by molar-refractivity contribution is -0.146. The summed E-state index contributed by atoms with van der Waals surface area (Å²) in [6, 6.07) is 9.61. The lowest BCUT2D eigenvalue weighted by atomic mass is 10.1. The summed E-state index contributed by atoms with van der Waals surface area (Å²) >= 11 is 1.32. The van der Waals surface area contributed by atoms with E-state index in [2.05, 4.69) is 5.32 Å². The second kappa shape index (κ2) is 11.2. The smallest absolute Gasteiger partial charge is 0.347 e. The van der Waals surface area contributed by atoms with E-state index in [4.69, 9.17) is 14.2 Å². The van der Waals surface area contributed by atoms with E-state index in [1.165, 1.54) is 17.5 Å². The van der Waals surface area contributed by atoms with Gasteiger partial charge in [0.2, 0.25) is 0 Å². The van der Waals surface area contributed by atoms with Gasteiger partial charge in [0.1, 0.15) is 5.00 Å². The predicted molar refractivity (Wildman–Crippen MR) is 115 cm³/mol. The minimum Gasteiger partial charge on any atom is -0.462 e. The van der Waals surface area contributed by atoms with E-state index in [0.29, 0.717) is 10.6 Å². The molecule has 1 aromatic carbocycles. The van der Waals surface area contributed by atoms with Gasteiger partial charge in [-0.15, -0.1) is 11.3 Å². The second-order valence-corrected chi connectivity index (χ2v) is 7.01. The van der Waals surface area contributed by atoms with Crippen molar-refractivity contribution in [3.05, 3.63) is 53.2 Å². The highest BCUT2D eigenvalue weighted by Crippen LogP contribution is 2.40. The molecule has 0 unspecified atom stereocenters. The lowest BCUT2D eigenvalue weighted by Gasteiger charge is -2.08. The van der Waals surface area contributed by atoms with Crippen molar-refractivity contribution in [2.45, 2.75) is 27.7 Å². The van der Waals surface area contributed by atoms with Crippen LogP contribution >= 0.6 is 11.3 Å². The maximum Gasteiger partial charge on any atom is 0.347 e. The van der Waals surface area contributed by atoms with E-state index in [9.17, 15) is 14.4 Å². The van der Waals surface area contributed by atoms with E-state index in [1.54, 1.807) is 20.8 Å². The van der Waals surface area contributed by atoms with Gasteiger partial charge in [0, 0.05) is 11.1 Å². The van der Waals surface area contributed by atoms with Crippen LogP contribution in [0.3, 0.4) is 0 Å². The molecule has 0 bridgehead atoms. The summed E-state index contributed by atoms with van der Waals surface area (Å²) in [4.78, 5) is 37.8. The molecule has 0 saturated carbocycles. The lowest BCUT2D eigenvalue weighted by Crippen LogP contribution is -2.19. The van der Waals surface area contributed by atoms with E-state index in [0.717, 1.165) is 16.0 Å². The zero-order valence-corrected chi connectivity index (χ0v) is 18.3. The summed E-state index contributed by atoms with van der Waals surface area (Å²) in [5.74, 6) is -2.10. The first-order valence-electron chi connectivity index (χ1n) is 9.61. The van der Waals surface area contributed by atoms with Gasteiger partial charge in [-0.2, -0.15) is 0 Å². The molecule has 1 N–H and O–H groups in total. The first-order chi connectivity index (χ1) is 14.4. The molecular weight excluding hydrogens is 406 g/mol. The highest BCUT2D eigenvalue weighted by Gasteiger charge is 2.25. The van der Waals surface area contributed by atoms with Crippen LogP contribution in [0.5, 0.6) is 0 Å². The summed E-state index contributed by atoms with van der Waals surface area (Å²) < 4.78 is 15.1. The average Bonchev–Trinajstić information content (AvgIpc) is 3.05. The quantitative estimate of drug-likeness (QED) is 0.208. The van der Waals surface area contributed by atoms with Crippen molar-refractivity contribution in [2.24, 2.45) is 0 Å². The number of hydrogen-bond acceptors (Lipinski definition) is 8. The molecule has 0 aliphatic rings. The standard InChI is InChI=1S/C22H25NO6S/c1-5-27-20(24)16(21(25)28-6-2)13-23-19-17(22(26)29-7-3)14(4)18(30-19)15-11-9-8-10-12-15/h8-13,23H,5-7H2,1-4H3. The molecule has 0 fully saturated rings. The van der Waals surface area contributed by atoms with Crippen molar-refractivity contribution in [1.82, 2.24) is 0 Å². The molecule has 0 radical (unpaired) electrons. The molecule has 0 saturated heterocycles. The summed E-state index contributed by atoms with van der Waals surface area (Å²) in [7, 11) is 0. The minimum absolute atomic E-state index is 0.111. The van der Waals surface area contributed by atoms with E-state index in [1.807, 2.05) is 37.3 Å². The summed E-state index contributed by atoms with van der Waals surface area (Å²) in [6.07, 6.45) is 1.21. The predicted octanol–water partition coefficient (Wildman–Crippen LogP) is 4.32. The number of rotatable bonds is 9. The molecule has 160 valence electrons. The molecule has 1 aromatic heterocycles. The molecular formula is C22H25NO6S. The Balaban J connectivity index is 2.50. The molecule has 0 aliphatic heterocycles. The Hall–Kier alpha value is -3.13. The average molecular weight is 432 g/mol. The van der Waals surface area contributed by atoms with Crippen LogP contribution in [0.15, 0.2) is 42.1 Å². The number of hydrogen-bond donors (Lipinski definition) is 1. The number of anilines is 1. The Labute approximate surface area is 179 Å². The SMILES string of the molecule is CCOC(=O)C(=CNc1sc(-c2ccccc2)c(C)c1C(=O)OCC)C(=O)OCC. The van der Waals surface area contributed by atoms with Gasteiger partial charge in [-0.1, -0.05) is 30.3 Å². The van der Waals surface area contributed by atoms with Crippen molar-refractivity contribution in [3.8, 4) is 10.4 Å². The van der Waals surface area contributed by atoms with Gasteiger partial charge >= 0.3 is 17.9 Å². The zero-order valence-electron chi connectivity index (χ0n) is 17.4. The molecule has 2 rings (SSSR count). The van der Waals surface area contributed by atoms with Crippen LogP contribution in [-0.2, 0) is 23.8 Å². The number of thiophene rings is 1. The molecule has 30 heavy (non-hydrogen) atoms. The summed E-state index contributed by atoms with van der Waals surface area (Å²) in [5, 5.41) is 3.37. The minimum atomic E-state index is -0.808. The Morgan fingerprint density at radius 2 is 1.50 bits per heavy atom. The molecule has 8 heteroatoms. The van der Waals surface area contributed by atoms with Gasteiger partial charge in [0.15, 0.2) is 5.57 Å². The van der Waals surface area contributed by atoms with Crippen LogP contribution in [0.1, 0.15) is 36.7 Å². The first kappa shape index (κ1) is 23.2. The van der Waals surface area contributed by atoms with Gasteiger partial charge in [0.25, 0.3) is 0 Å². The van der Waals surface area contributed by atoms with Crippen LogP contribution in [0.25, 0.3) is 10.4 Å². The van der Waals surface area contributed by atoms with Crippen molar-refractivity contribution in [1.29, 1.82) is 0 Å². The van der Waals surface area contributed by atoms with E-state index in [-0.39, 0.29) is 25.4 Å². The van der Waals surface area contributed by atoms with Gasteiger partial charge in [-0.05, 0) is 38.8 Å². The molecule has 0 amide bonds. The maximum atomic E-state index is 12.6. The van der Waals surface area contributed by atoms with E-state index < -0.39 is 17.9 Å². The van der Waals surface area contributed by atoms with Crippen molar-refractivity contribution >= 4 is 34.2 Å². The molecule has 0 atom stereocenters. The highest BCUT2D eigenvalue weighted by molar-refractivity contribution is 7.20. The fraction of sp³-hybridized carbons (Fsp3) is 0.318. The van der Waals surface area contributed by atoms with E-state index >= 15 is 0 Å². The Bertz CT molecular complexity index is 913. The van der Waals surface area contributed by atoms with Gasteiger partial charge in [-0.3, -0.25) is 0 Å². The number of carbonyl (C=O) groups is 3. The van der Waals surface area contributed by atoms with Crippen molar-refractivity contribution < 1.29 is 28.6 Å². The topological polar surface area (TPSA) is 90.9 Å². The van der Waals surface area contributed by atoms with Gasteiger partial charge in [-0.25, -0.2) is 14.4 Å². The molecule has 0 spiro atoms. The number of ether oxygens (including phenoxy) is 3. The van der Waals surface area contributed by atoms with Crippen molar-refractivity contribution in [2.75, 3.05) is 25.1 Å². The van der Waals surface area contributed by atoms with Crippen LogP contribution in [-0.4, -0.2) is 37.7 Å². The summed E-state index contributed by atoms with van der Waals surface area (Å²) in [6.45, 7) is 7.28. The fourth-order valence-corrected chi connectivity index (χ4v) is 3.86. The van der Waals surface area contributed by atoms with Gasteiger partial charge in [0.05, 0.1) is 25.4 Å². The number of esters is 3. The first-order valence-corrected chi connectivity index (χ1v) is 10.4. The van der Waals surface area contributed by atoms with Gasteiger partial charge < -0.3 is 19.5 Å². The zero-order chi connectivity index (χ0) is 22.1. The third kappa shape index (κ3) is 5.48. The van der Waals surface area contributed by atoms with Crippen LogP contribution < -0.4 is 5.32 Å². The number of nitrogens with one attached hydrogen (secondary N) is 1. The molecule has 7 nitrogen and oxygen atoms in total. The Kier molecular flexibility index (Phi) is 8.61. The van der Waals surface area contributed by atoms with Crippen LogP contribution in [0.4, 0.5) is 5.00 Å². The monoisotopic (exact) mass is 431 g/mol. The maximum absolute atomic E-state index is 12.6. The van der Waals surface area contributed by atoms with Crippen molar-refractivity contribution in [3.63, 3.8) is 0 Å². The third-order valence-electron chi connectivity index (χ3n) is 4.00. The second-order valence-electron chi connectivity index (χ2n) is 5.99. The number of carbonyl (C=O) groups excluding carboxylic acids is 3. The normalized spacial score (nSPS) is 10.1. The van der Waals surface area contributed by atoms with Crippen LogP contribution in [0.2, 0.25) is 0 Å². The third-order valence-corrected chi connectivity index (χ3v) is 5.27.